The van der Waals surface area contributed by atoms with Crippen LogP contribution in [0.25, 0.3) is 0 Å². The average Bonchev–Trinajstić information content (AvgIpc) is 3.28. The third-order valence-electron chi connectivity index (χ3n) is 5.85. The first-order chi connectivity index (χ1) is 17.8. The van der Waals surface area contributed by atoms with E-state index in [-0.39, 0.29) is 18.4 Å². The van der Waals surface area contributed by atoms with Gasteiger partial charge in [-0.3, -0.25) is 9.78 Å². The molecule has 1 aromatic carbocycles. The number of hydrogen-bond donors (Lipinski definition) is 1. The van der Waals surface area contributed by atoms with Gasteiger partial charge < -0.3 is 24.4 Å². The predicted octanol–water partition coefficient (Wildman–Crippen LogP) is 4.33. The van der Waals surface area contributed by atoms with E-state index in [1.807, 2.05) is 28.5 Å². The van der Waals surface area contributed by atoms with Crippen LogP contribution in [0, 0.1) is 0 Å². The molecule has 0 saturated carbocycles. The number of fused-ring (bicyclic) bond motifs is 1. The number of aliphatic imine (C=N–C) groups is 1. The Kier molecular flexibility index (Phi) is 8.17. The molecule has 0 fully saturated rings. The number of ether oxygens (including phenoxy) is 3. The zero-order chi connectivity index (χ0) is 26.5. The zero-order valence-electron chi connectivity index (χ0n) is 21.5. The SMILES string of the molecule is COc1ccc(OC)c(C2C(C(=O)OC(C)C)=C(C)N=C3SC=C(CC(=O)NCc4cccnc4)N32)c1. The fourth-order valence-electron chi connectivity index (χ4n) is 4.19. The van der Waals surface area contributed by atoms with Crippen LogP contribution < -0.4 is 14.8 Å². The van der Waals surface area contributed by atoms with Crippen LogP contribution in [0.1, 0.15) is 44.4 Å². The van der Waals surface area contributed by atoms with Gasteiger partial charge in [0.2, 0.25) is 5.91 Å². The summed E-state index contributed by atoms with van der Waals surface area (Å²) < 4.78 is 16.8. The van der Waals surface area contributed by atoms with E-state index < -0.39 is 12.0 Å². The van der Waals surface area contributed by atoms with Gasteiger partial charge in [-0.25, -0.2) is 9.79 Å². The van der Waals surface area contributed by atoms with Gasteiger partial charge in [0.15, 0.2) is 5.17 Å². The molecular weight excluding hydrogens is 492 g/mol. The molecule has 2 aromatic rings. The van der Waals surface area contributed by atoms with Crippen LogP contribution in [0.2, 0.25) is 0 Å². The highest BCUT2D eigenvalue weighted by Crippen LogP contribution is 2.47. The lowest BCUT2D eigenvalue weighted by atomic mass is 9.92. The average molecular weight is 523 g/mol. The van der Waals surface area contributed by atoms with Gasteiger partial charge in [-0.15, -0.1) is 0 Å². The second-order valence-corrected chi connectivity index (χ2v) is 9.61. The van der Waals surface area contributed by atoms with Gasteiger partial charge >= 0.3 is 5.97 Å². The monoisotopic (exact) mass is 522 g/mol. The third-order valence-corrected chi connectivity index (χ3v) is 6.74. The van der Waals surface area contributed by atoms with Crippen molar-refractivity contribution in [2.75, 3.05) is 14.2 Å². The van der Waals surface area contributed by atoms with E-state index in [1.165, 1.54) is 11.8 Å². The molecular formula is C27H30N4O5S. The van der Waals surface area contributed by atoms with Gasteiger partial charge in [0, 0.05) is 30.2 Å². The number of benzene rings is 1. The second-order valence-electron chi connectivity index (χ2n) is 8.77. The van der Waals surface area contributed by atoms with Crippen molar-refractivity contribution in [1.82, 2.24) is 15.2 Å². The molecule has 2 aliphatic rings. The first-order valence-electron chi connectivity index (χ1n) is 11.8. The van der Waals surface area contributed by atoms with Gasteiger partial charge in [-0.05, 0) is 56.0 Å². The largest absolute Gasteiger partial charge is 0.497 e. The minimum atomic E-state index is -0.629. The van der Waals surface area contributed by atoms with E-state index in [2.05, 4.69) is 10.3 Å². The number of methoxy groups -OCH3 is 2. The van der Waals surface area contributed by atoms with Crippen molar-refractivity contribution >= 4 is 28.8 Å². The Morgan fingerprint density at radius 3 is 2.68 bits per heavy atom. The first-order valence-corrected chi connectivity index (χ1v) is 12.7. The molecule has 1 atom stereocenters. The van der Waals surface area contributed by atoms with E-state index in [9.17, 15) is 9.59 Å². The number of carbonyl (C=O) groups is 2. The van der Waals surface area contributed by atoms with Crippen molar-refractivity contribution < 1.29 is 23.8 Å². The van der Waals surface area contributed by atoms with Crippen molar-refractivity contribution in [3.8, 4) is 11.5 Å². The summed E-state index contributed by atoms with van der Waals surface area (Å²) in [6.07, 6.45) is 3.19. The maximum absolute atomic E-state index is 13.4. The van der Waals surface area contributed by atoms with Crippen LogP contribution >= 0.6 is 11.8 Å². The molecule has 1 N–H and O–H groups in total. The van der Waals surface area contributed by atoms with Crippen LogP contribution in [0.3, 0.4) is 0 Å². The number of thioether (sulfide) groups is 1. The molecule has 0 spiro atoms. The van der Waals surface area contributed by atoms with Crippen LogP contribution in [-0.4, -0.2) is 47.3 Å². The normalized spacial score (nSPS) is 16.7. The van der Waals surface area contributed by atoms with Crippen molar-refractivity contribution in [1.29, 1.82) is 0 Å². The number of pyridine rings is 1. The van der Waals surface area contributed by atoms with Crippen LogP contribution in [0.5, 0.6) is 11.5 Å². The molecule has 2 aliphatic heterocycles. The van der Waals surface area contributed by atoms with E-state index in [4.69, 9.17) is 19.2 Å². The summed E-state index contributed by atoms with van der Waals surface area (Å²) in [4.78, 5) is 37.0. The molecule has 0 saturated heterocycles. The zero-order valence-corrected chi connectivity index (χ0v) is 22.3. The van der Waals surface area contributed by atoms with Gasteiger partial charge in [0.05, 0.1) is 44.1 Å². The molecule has 37 heavy (non-hydrogen) atoms. The van der Waals surface area contributed by atoms with Crippen molar-refractivity contribution in [2.45, 2.75) is 45.9 Å². The Morgan fingerprint density at radius 2 is 2.00 bits per heavy atom. The van der Waals surface area contributed by atoms with Gasteiger partial charge in [0.1, 0.15) is 11.5 Å². The van der Waals surface area contributed by atoms with E-state index in [0.29, 0.717) is 45.7 Å². The van der Waals surface area contributed by atoms with Crippen molar-refractivity contribution in [2.24, 2.45) is 4.99 Å². The molecule has 3 heterocycles. The maximum Gasteiger partial charge on any atom is 0.338 e. The molecule has 1 unspecified atom stereocenters. The second kappa shape index (κ2) is 11.5. The van der Waals surface area contributed by atoms with Crippen molar-refractivity contribution in [3.05, 3.63) is 76.2 Å². The molecule has 4 rings (SSSR count). The number of esters is 1. The molecule has 10 heteroatoms. The summed E-state index contributed by atoms with van der Waals surface area (Å²) in [5.41, 5.74) is 3.25. The minimum absolute atomic E-state index is 0.0978. The van der Waals surface area contributed by atoms with Crippen molar-refractivity contribution in [3.63, 3.8) is 0 Å². The quantitative estimate of drug-likeness (QED) is 0.486. The Bertz CT molecular complexity index is 1270. The number of nitrogens with zero attached hydrogens (tertiary/aromatic N) is 3. The standard InChI is InChI=1S/C27H30N4O5S/c1-16(2)36-26(33)24-17(3)30-27-31(25(24)21-12-20(34-4)8-9-22(21)35-5)19(15-37-27)11-23(32)29-14-18-7-6-10-28-13-18/h6-10,12-13,15-16,25H,11,14H2,1-5H3,(H,29,32). The Morgan fingerprint density at radius 1 is 1.19 bits per heavy atom. The number of nitrogens with one attached hydrogen (secondary N) is 1. The maximum atomic E-state index is 13.4. The van der Waals surface area contributed by atoms with Gasteiger partial charge in [-0.2, -0.15) is 0 Å². The number of hydrogen-bond acceptors (Lipinski definition) is 9. The minimum Gasteiger partial charge on any atom is -0.497 e. The molecule has 194 valence electrons. The lowest BCUT2D eigenvalue weighted by molar-refractivity contribution is -0.143. The van der Waals surface area contributed by atoms with E-state index >= 15 is 0 Å². The molecule has 1 aromatic heterocycles. The van der Waals surface area contributed by atoms with Crippen LogP contribution in [0.15, 0.2) is 70.1 Å². The molecule has 1 amide bonds. The van der Waals surface area contributed by atoms with Gasteiger partial charge in [0.25, 0.3) is 0 Å². The molecule has 0 radical (unpaired) electrons. The molecule has 9 nitrogen and oxygen atoms in total. The van der Waals surface area contributed by atoms with Crippen LogP contribution in [-0.2, 0) is 20.9 Å². The fraction of sp³-hybridized carbons (Fsp3) is 0.333. The number of aromatic nitrogens is 1. The summed E-state index contributed by atoms with van der Waals surface area (Å²) in [7, 11) is 3.16. The number of allylic oxidation sites excluding steroid dienone is 1. The highest BCUT2D eigenvalue weighted by Gasteiger charge is 2.42. The summed E-state index contributed by atoms with van der Waals surface area (Å²) in [6.45, 7) is 5.76. The smallest absolute Gasteiger partial charge is 0.338 e. The number of rotatable bonds is 9. The molecule has 0 bridgehead atoms. The lowest BCUT2D eigenvalue weighted by Crippen LogP contribution is -2.38. The third kappa shape index (κ3) is 5.80. The Labute approximate surface area is 220 Å². The topological polar surface area (TPSA) is 102 Å². The highest BCUT2D eigenvalue weighted by molar-refractivity contribution is 8.16. The first kappa shape index (κ1) is 26.3. The molecule has 0 aliphatic carbocycles. The highest BCUT2D eigenvalue weighted by atomic mass is 32.2. The number of carbonyl (C=O) groups excluding carboxylic acids is 2. The summed E-state index contributed by atoms with van der Waals surface area (Å²) in [5.74, 6) is 0.556. The summed E-state index contributed by atoms with van der Waals surface area (Å²) in [5, 5.41) is 5.51. The Balaban J connectivity index is 1.70. The van der Waals surface area contributed by atoms with E-state index in [1.54, 1.807) is 59.5 Å². The summed E-state index contributed by atoms with van der Waals surface area (Å²) in [6, 6.07) is 8.53. The number of amidine groups is 1. The Hall–Kier alpha value is -3.79. The predicted molar refractivity (Wildman–Crippen MR) is 142 cm³/mol. The summed E-state index contributed by atoms with van der Waals surface area (Å²) >= 11 is 1.41. The van der Waals surface area contributed by atoms with Crippen LogP contribution in [0.4, 0.5) is 0 Å². The van der Waals surface area contributed by atoms with Gasteiger partial charge in [-0.1, -0.05) is 17.8 Å². The number of amides is 1. The fourth-order valence-corrected chi connectivity index (χ4v) is 5.15. The lowest BCUT2D eigenvalue weighted by Gasteiger charge is -2.37. The van der Waals surface area contributed by atoms with E-state index in [0.717, 1.165) is 5.56 Å².